The Kier molecular flexibility index (Phi) is 3.59. The van der Waals surface area contributed by atoms with Crippen molar-refractivity contribution in [1.82, 2.24) is 10.2 Å². The quantitative estimate of drug-likeness (QED) is 0.898. The van der Waals surface area contributed by atoms with Gasteiger partial charge in [0, 0.05) is 19.0 Å². The molecule has 1 heterocycles. The molecule has 3 rings (SSSR count). The third kappa shape index (κ3) is 2.34. The number of nitrogens with zero attached hydrogens (tertiary/aromatic N) is 1. The second kappa shape index (κ2) is 5.30. The van der Waals surface area contributed by atoms with Crippen LogP contribution < -0.4 is 5.32 Å². The van der Waals surface area contributed by atoms with E-state index in [0.29, 0.717) is 12.3 Å². The van der Waals surface area contributed by atoms with Gasteiger partial charge < -0.3 is 15.3 Å². The number of benzene rings is 1. The van der Waals surface area contributed by atoms with Gasteiger partial charge in [-0.3, -0.25) is 0 Å². The van der Waals surface area contributed by atoms with Crippen LogP contribution >= 0.6 is 0 Å². The first-order valence-corrected chi connectivity index (χ1v) is 7.85. The molecule has 5 nitrogen and oxygen atoms in total. The van der Waals surface area contributed by atoms with E-state index in [1.54, 1.807) is 4.90 Å². The number of aliphatic carboxylic acids is 1. The molecule has 1 aromatic carbocycles. The first kappa shape index (κ1) is 14.9. The fourth-order valence-corrected chi connectivity index (χ4v) is 3.21. The largest absolute Gasteiger partial charge is 0.479 e. The number of nitrogens with one attached hydrogen (secondary N) is 1. The molecule has 2 unspecified atom stereocenters. The predicted molar refractivity (Wildman–Crippen MR) is 83.0 cm³/mol. The van der Waals surface area contributed by atoms with E-state index in [4.69, 9.17) is 0 Å². The van der Waals surface area contributed by atoms with Crippen LogP contribution in [0.1, 0.15) is 49.7 Å². The highest BCUT2D eigenvalue weighted by atomic mass is 16.4. The fraction of sp³-hybridized carbons (Fsp3) is 0.529. The molecule has 0 aromatic heterocycles. The molecule has 2 N–H and O–H groups in total. The van der Waals surface area contributed by atoms with Crippen molar-refractivity contribution in [3.8, 4) is 0 Å². The van der Waals surface area contributed by atoms with Gasteiger partial charge in [-0.1, -0.05) is 38.1 Å². The number of hydrogen-bond acceptors (Lipinski definition) is 2. The summed E-state index contributed by atoms with van der Waals surface area (Å²) in [5, 5.41) is 12.4. The molecule has 5 heteroatoms. The van der Waals surface area contributed by atoms with E-state index in [0.717, 1.165) is 30.6 Å². The van der Waals surface area contributed by atoms with E-state index in [1.807, 2.05) is 24.3 Å². The molecule has 1 aliphatic heterocycles. The summed E-state index contributed by atoms with van der Waals surface area (Å²) in [6.45, 7) is 5.63. The van der Waals surface area contributed by atoms with E-state index in [9.17, 15) is 14.7 Å². The number of carbonyl (C=O) groups excluding carboxylic acids is 1. The van der Waals surface area contributed by atoms with Gasteiger partial charge in [-0.25, -0.2) is 9.59 Å². The molecule has 1 saturated heterocycles. The number of amides is 2. The number of likely N-dealkylation sites (tertiary alicyclic amines) is 1. The van der Waals surface area contributed by atoms with Crippen molar-refractivity contribution in [2.24, 2.45) is 0 Å². The lowest BCUT2D eigenvalue weighted by Gasteiger charge is -2.32. The maximum atomic E-state index is 12.1. The Morgan fingerprint density at radius 3 is 2.55 bits per heavy atom. The zero-order valence-electron chi connectivity index (χ0n) is 13.0. The minimum absolute atomic E-state index is 0.145. The summed E-state index contributed by atoms with van der Waals surface area (Å²) >= 11 is 0. The van der Waals surface area contributed by atoms with E-state index >= 15 is 0 Å². The molecule has 2 fully saturated rings. The van der Waals surface area contributed by atoms with Crippen molar-refractivity contribution in [1.29, 1.82) is 0 Å². The number of carbonyl (C=O) groups is 2. The standard InChI is InChI=1S/C17H22N2O3/c1-11(2)12-6-3-4-7-13(12)14-10-17(14,15(20)21)18-16(22)19-8-5-9-19/h3-4,6-7,11,14H,5,8-10H2,1-2H3,(H,18,22)(H,20,21). The normalized spacial score (nSPS) is 26.5. The maximum absolute atomic E-state index is 12.1. The van der Waals surface area contributed by atoms with Crippen LogP contribution in [0.2, 0.25) is 0 Å². The molecular formula is C17H22N2O3. The molecule has 2 aliphatic rings. The van der Waals surface area contributed by atoms with Crippen LogP contribution in [-0.4, -0.2) is 40.6 Å². The first-order valence-electron chi connectivity index (χ1n) is 7.85. The summed E-state index contributed by atoms with van der Waals surface area (Å²) in [5.41, 5.74) is 1.06. The van der Waals surface area contributed by atoms with Gasteiger partial charge in [-0.2, -0.15) is 0 Å². The lowest BCUT2D eigenvalue weighted by molar-refractivity contribution is -0.140. The van der Waals surface area contributed by atoms with Gasteiger partial charge in [0.05, 0.1) is 0 Å². The first-order chi connectivity index (χ1) is 10.5. The van der Waals surface area contributed by atoms with Crippen LogP contribution in [0.15, 0.2) is 24.3 Å². The second-order valence-electron chi connectivity index (χ2n) is 6.59. The Morgan fingerprint density at radius 1 is 1.32 bits per heavy atom. The zero-order valence-corrected chi connectivity index (χ0v) is 13.0. The summed E-state index contributed by atoms with van der Waals surface area (Å²) in [6, 6.07) is 7.69. The van der Waals surface area contributed by atoms with Gasteiger partial charge in [0.15, 0.2) is 0 Å². The minimum Gasteiger partial charge on any atom is -0.479 e. The third-order valence-electron chi connectivity index (χ3n) is 4.81. The van der Waals surface area contributed by atoms with Gasteiger partial charge in [0.1, 0.15) is 5.54 Å². The molecule has 1 aliphatic carbocycles. The predicted octanol–water partition coefficient (Wildman–Crippen LogP) is 2.54. The highest BCUT2D eigenvalue weighted by Crippen LogP contribution is 2.53. The molecular weight excluding hydrogens is 280 g/mol. The molecule has 0 radical (unpaired) electrons. The van der Waals surface area contributed by atoms with Crippen molar-refractivity contribution in [2.45, 2.75) is 44.1 Å². The van der Waals surface area contributed by atoms with Gasteiger partial charge in [-0.05, 0) is 29.9 Å². The molecule has 1 saturated carbocycles. The Morgan fingerprint density at radius 2 is 2.00 bits per heavy atom. The summed E-state index contributed by atoms with van der Waals surface area (Å²) < 4.78 is 0. The third-order valence-corrected chi connectivity index (χ3v) is 4.81. The van der Waals surface area contributed by atoms with Crippen molar-refractivity contribution in [3.05, 3.63) is 35.4 Å². The van der Waals surface area contributed by atoms with Gasteiger partial charge in [-0.15, -0.1) is 0 Å². The fourth-order valence-electron chi connectivity index (χ4n) is 3.21. The lowest BCUT2D eigenvalue weighted by Crippen LogP contribution is -2.54. The number of carboxylic acid groups (broad SMARTS) is 1. The van der Waals surface area contributed by atoms with Crippen molar-refractivity contribution in [2.75, 3.05) is 13.1 Å². The number of carboxylic acids is 1. The molecule has 1 aromatic rings. The Bertz CT molecular complexity index is 610. The van der Waals surface area contributed by atoms with E-state index in [2.05, 4.69) is 19.2 Å². The Hall–Kier alpha value is -2.04. The summed E-state index contributed by atoms with van der Waals surface area (Å²) in [6.07, 6.45) is 1.46. The number of urea groups is 1. The smallest absolute Gasteiger partial charge is 0.330 e. The average molecular weight is 302 g/mol. The number of hydrogen-bond donors (Lipinski definition) is 2. The monoisotopic (exact) mass is 302 g/mol. The van der Waals surface area contributed by atoms with E-state index in [1.165, 1.54) is 0 Å². The average Bonchev–Trinajstić information content (AvgIpc) is 3.12. The topological polar surface area (TPSA) is 69.6 Å². The summed E-state index contributed by atoms with van der Waals surface area (Å²) in [7, 11) is 0. The summed E-state index contributed by atoms with van der Waals surface area (Å²) in [4.78, 5) is 25.6. The van der Waals surface area contributed by atoms with Crippen molar-refractivity contribution < 1.29 is 14.7 Å². The Labute approximate surface area is 130 Å². The molecule has 2 atom stereocenters. The van der Waals surface area contributed by atoms with Gasteiger partial charge >= 0.3 is 12.0 Å². The molecule has 118 valence electrons. The van der Waals surface area contributed by atoms with Crippen molar-refractivity contribution in [3.63, 3.8) is 0 Å². The molecule has 22 heavy (non-hydrogen) atoms. The minimum atomic E-state index is -1.14. The van der Waals surface area contributed by atoms with Crippen LogP contribution in [-0.2, 0) is 4.79 Å². The maximum Gasteiger partial charge on any atom is 0.330 e. The molecule has 0 bridgehead atoms. The highest BCUT2D eigenvalue weighted by Gasteiger charge is 2.63. The van der Waals surface area contributed by atoms with Crippen LogP contribution in [0, 0.1) is 0 Å². The number of rotatable bonds is 4. The zero-order chi connectivity index (χ0) is 15.9. The lowest BCUT2D eigenvalue weighted by atomic mass is 9.93. The van der Waals surface area contributed by atoms with Crippen LogP contribution in [0.25, 0.3) is 0 Å². The highest BCUT2D eigenvalue weighted by molar-refractivity contribution is 5.91. The SMILES string of the molecule is CC(C)c1ccccc1C1CC1(NC(=O)N1CCC1)C(=O)O. The van der Waals surface area contributed by atoms with E-state index < -0.39 is 11.5 Å². The van der Waals surface area contributed by atoms with Gasteiger partial charge in [0.25, 0.3) is 0 Å². The Balaban J connectivity index is 1.84. The second-order valence-corrected chi connectivity index (χ2v) is 6.59. The molecule has 2 amide bonds. The summed E-state index contributed by atoms with van der Waals surface area (Å²) in [5.74, 6) is -0.756. The molecule has 0 spiro atoms. The van der Waals surface area contributed by atoms with Crippen LogP contribution in [0.4, 0.5) is 4.79 Å². The van der Waals surface area contributed by atoms with E-state index in [-0.39, 0.29) is 11.9 Å². The van der Waals surface area contributed by atoms with Gasteiger partial charge in [0.2, 0.25) is 0 Å². The van der Waals surface area contributed by atoms with Crippen molar-refractivity contribution >= 4 is 12.0 Å². The van der Waals surface area contributed by atoms with Crippen LogP contribution in [0.5, 0.6) is 0 Å². The van der Waals surface area contributed by atoms with Crippen LogP contribution in [0.3, 0.4) is 0 Å².